The van der Waals surface area contributed by atoms with Crippen LogP contribution >= 0.6 is 0 Å². The van der Waals surface area contributed by atoms with Gasteiger partial charge in [0.25, 0.3) is 0 Å². The van der Waals surface area contributed by atoms with Gasteiger partial charge in [-0.25, -0.2) is 4.39 Å². The maximum Gasteiger partial charge on any atom is 0.387 e. The van der Waals surface area contributed by atoms with Crippen molar-refractivity contribution in [1.29, 1.82) is 0 Å². The summed E-state index contributed by atoms with van der Waals surface area (Å²) in [6, 6.07) is 5.39. The largest absolute Gasteiger partial charge is 0.432 e. The van der Waals surface area contributed by atoms with Crippen LogP contribution < -0.4 is 4.74 Å². The van der Waals surface area contributed by atoms with Crippen molar-refractivity contribution in [3.8, 4) is 16.9 Å². The van der Waals surface area contributed by atoms with Crippen molar-refractivity contribution < 1.29 is 22.7 Å². The van der Waals surface area contributed by atoms with Crippen LogP contribution in [0, 0.1) is 5.82 Å². The molecule has 0 bridgehead atoms. The van der Waals surface area contributed by atoms with E-state index in [0.717, 1.165) is 6.07 Å². The second kappa shape index (κ2) is 6.92. The number of carbonyl (C=O) groups is 1. The summed E-state index contributed by atoms with van der Waals surface area (Å²) in [5, 5.41) is 4.14. The van der Waals surface area contributed by atoms with E-state index in [1.165, 1.54) is 29.2 Å². The Hall–Kier alpha value is -2.90. The molecule has 0 atom stereocenters. The lowest BCUT2D eigenvalue weighted by Gasteiger charge is -2.09. The fourth-order valence-corrected chi connectivity index (χ4v) is 2.39. The predicted octanol–water partition coefficient (Wildman–Crippen LogP) is 3.82. The summed E-state index contributed by atoms with van der Waals surface area (Å²) in [5.41, 5.74) is 2.25. The van der Waals surface area contributed by atoms with Crippen molar-refractivity contribution in [3.05, 3.63) is 42.5 Å². The van der Waals surface area contributed by atoms with Gasteiger partial charge in [0.05, 0.1) is 11.7 Å². The van der Waals surface area contributed by atoms with E-state index in [4.69, 9.17) is 0 Å². The molecule has 0 aliphatic rings. The number of halogens is 3. The Morgan fingerprint density at radius 2 is 2.04 bits per heavy atom. The molecule has 0 fully saturated rings. The quantitative estimate of drug-likeness (QED) is 0.679. The van der Waals surface area contributed by atoms with Gasteiger partial charge in [0.1, 0.15) is 12.1 Å². The summed E-state index contributed by atoms with van der Waals surface area (Å²) in [7, 11) is 0. The Morgan fingerprint density at radius 3 is 2.76 bits per heavy atom. The van der Waals surface area contributed by atoms with Crippen LogP contribution in [-0.2, 0) is 11.3 Å². The number of fused-ring (bicyclic) bond motifs is 1. The number of ketones is 1. The first-order chi connectivity index (χ1) is 12.0. The highest BCUT2D eigenvalue weighted by Crippen LogP contribution is 2.28. The summed E-state index contributed by atoms with van der Waals surface area (Å²) < 4.78 is 44.0. The molecule has 1 aromatic carbocycles. The molecule has 0 aliphatic carbocycles. The number of ether oxygens (including phenoxy) is 1. The van der Waals surface area contributed by atoms with Crippen LogP contribution in [0.4, 0.5) is 13.2 Å². The second-order valence-electron chi connectivity index (χ2n) is 5.35. The lowest BCUT2D eigenvalue weighted by atomic mass is 10.1. The molecule has 0 saturated heterocycles. The molecule has 2 aromatic heterocycles. The number of rotatable bonds is 6. The maximum absolute atomic E-state index is 13.6. The summed E-state index contributed by atoms with van der Waals surface area (Å²) >= 11 is 0. The lowest BCUT2D eigenvalue weighted by Crippen LogP contribution is -2.09. The van der Waals surface area contributed by atoms with E-state index >= 15 is 0 Å². The zero-order valence-electron chi connectivity index (χ0n) is 13.2. The Labute approximate surface area is 141 Å². The molecule has 0 unspecified atom stereocenters. The maximum atomic E-state index is 13.6. The van der Waals surface area contributed by atoms with Crippen LogP contribution in [0.25, 0.3) is 22.2 Å². The topological polar surface area (TPSA) is 57.0 Å². The summed E-state index contributed by atoms with van der Waals surface area (Å²) in [5.74, 6) is -1.40. The van der Waals surface area contributed by atoms with Gasteiger partial charge in [-0.2, -0.15) is 13.9 Å². The molecule has 5 nitrogen and oxygen atoms in total. The molecular weight excluding hydrogens is 335 g/mol. The molecule has 130 valence electrons. The van der Waals surface area contributed by atoms with Gasteiger partial charge in [0.15, 0.2) is 17.3 Å². The van der Waals surface area contributed by atoms with Crippen LogP contribution in [0.2, 0.25) is 0 Å². The molecule has 0 N–H and O–H groups in total. The third kappa shape index (κ3) is 3.62. The van der Waals surface area contributed by atoms with E-state index < -0.39 is 18.2 Å². The van der Waals surface area contributed by atoms with E-state index in [1.54, 1.807) is 13.0 Å². The Kier molecular flexibility index (Phi) is 4.69. The van der Waals surface area contributed by atoms with Crippen LogP contribution in [0.1, 0.15) is 13.3 Å². The number of benzene rings is 1. The minimum absolute atomic E-state index is 0.0183. The molecule has 8 heteroatoms. The number of carbonyl (C=O) groups excluding carboxylic acids is 1. The van der Waals surface area contributed by atoms with E-state index in [1.807, 2.05) is 0 Å². The number of pyridine rings is 1. The number of hydrogen-bond acceptors (Lipinski definition) is 4. The molecule has 3 aromatic rings. The highest BCUT2D eigenvalue weighted by Gasteiger charge is 2.13. The number of Topliss-reactive ketones (excluding diaryl/α,β-unsaturated/α-hetero) is 1. The smallest absolute Gasteiger partial charge is 0.387 e. The average molecular weight is 349 g/mol. The Balaban J connectivity index is 2.01. The SMILES string of the molecule is CCC(=O)Cn1ncc2ncc(-c3ccc(F)c(OC(F)F)c3)cc21. The third-order valence-electron chi connectivity index (χ3n) is 3.70. The zero-order valence-corrected chi connectivity index (χ0v) is 13.2. The van der Waals surface area contributed by atoms with E-state index in [0.29, 0.717) is 28.6 Å². The summed E-state index contributed by atoms with van der Waals surface area (Å²) in [6.07, 6.45) is 3.45. The summed E-state index contributed by atoms with van der Waals surface area (Å²) in [4.78, 5) is 15.9. The van der Waals surface area contributed by atoms with Crippen LogP contribution in [0.15, 0.2) is 36.7 Å². The van der Waals surface area contributed by atoms with E-state index in [2.05, 4.69) is 14.8 Å². The number of hydrogen-bond donors (Lipinski definition) is 0. The Morgan fingerprint density at radius 1 is 1.24 bits per heavy atom. The average Bonchev–Trinajstić information content (AvgIpc) is 2.98. The number of nitrogens with zero attached hydrogens (tertiary/aromatic N) is 3. The zero-order chi connectivity index (χ0) is 18.0. The fraction of sp³-hybridized carbons (Fsp3) is 0.235. The van der Waals surface area contributed by atoms with Gasteiger partial charge >= 0.3 is 6.61 Å². The van der Waals surface area contributed by atoms with Crippen molar-refractivity contribution >= 4 is 16.8 Å². The predicted molar refractivity (Wildman–Crippen MR) is 84.9 cm³/mol. The molecule has 2 heterocycles. The first kappa shape index (κ1) is 16.9. The fourth-order valence-electron chi connectivity index (χ4n) is 2.39. The first-order valence-corrected chi connectivity index (χ1v) is 7.56. The van der Waals surface area contributed by atoms with Crippen molar-refractivity contribution in [1.82, 2.24) is 14.8 Å². The van der Waals surface area contributed by atoms with Crippen molar-refractivity contribution in [3.63, 3.8) is 0 Å². The highest BCUT2D eigenvalue weighted by atomic mass is 19.3. The first-order valence-electron chi connectivity index (χ1n) is 7.56. The Bertz CT molecular complexity index is 925. The highest BCUT2D eigenvalue weighted by molar-refractivity contribution is 5.83. The van der Waals surface area contributed by atoms with Gasteiger partial charge in [0, 0.05) is 18.2 Å². The van der Waals surface area contributed by atoms with Gasteiger partial charge in [0.2, 0.25) is 0 Å². The summed E-state index contributed by atoms with van der Waals surface area (Å²) in [6.45, 7) is -1.23. The van der Waals surface area contributed by atoms with Crippen LogP contribution in [0.3, 0.4) is 0 Å². The lowest BCUT2D eigenvalue weighted by molar-refractivity contribution is -0.119. The number of alkyl halides is 2. The van der Waals surface area contributed by atoms with E-state index in [9.17, 15) is 18.0 Å². The van der Waals surface area contributed by atoms with Crippen molar-refractivity contribution in [2.45, 2.75) is 26.5 Å². The molecule has 0 radical (unpaired) electrons. The van der Waals surface area contributed by atoms with Gasteiger partial charge in [-0.15, -0.1) is 0 Å². The monoisotopic (exact) mass is 349 g/mol. The molecule has 0 spiro atoms. The standard InChI is InChI=1S/C17H14F3N3O2/c1-2-12(24)9-23-15-5-11(7-21-14(15)8-22-23)10-3-4-13(18)16(6-10)25-17(19)20/h3-8,17H,2,9H2,1H3. The molecular formula is C17H14F3N3O2. The van der Waals surface area contributed by atoms with Crippen LogP contribution in [-0.4, -0.2) is 27.2 Å². The molecule has 0 saturated carbocycles. The van der Waals surface area contributed by atoms with E-state index in [-0.39, 0.29) is 12.3 Å². The molecule has 0 aliphatic heterocycles. The third-order valence-corrected chi connectivity index (χ3v) is 3.70. The van der Waals surface area contributed by atoms with Crippen molar-refractivity contribution in [2.24, 2.45) is 0 Å². The number of aromatic nitrogens is 3. The molecule has 3 rings (SSSR count). The van der Waals surface area contributed by atoms with Crippen molar-refractivity contribution in [2.75, 3.05) is 0 Å². The second-order valence-corrected chi connectivity index (χ2v) is 5.35. The normalized spacial score (nSPS) is 11.2. The minimum atomic E-state index is -3.12. The van der Waals surface area contributed by atoms with Gasteiger partial charge in [-0.3, -0.25) is 14.5 Å². The molecule has 0 amide bonds. The molecule has 25 heavy (non-hydrogen) atoms. The van der Waals surface area contributed by atoms with Crippen LogP contribution in [0.5, 0.6) is 5.75 Å². The van der Waals surface area contributed by atoms with Gasteiger partial charge < -0.3 is 4.74 Å². The van der Waals surface area contributed by atoms with Gasteiger partial charge in [-0.1, -0.05) is 13.0 Å². The minimum Gasteiger partial charge on any atom is -0.432 e. The van der Waals surface area contributed by atoms with Gasteiger partial charge in [-0.05, 0) is 23.8 Å².